The van der Waals surface area contributed by atoms with Crippen LogP contribution in [0, 0.1) is 13.8 Å². The van der Waals surface area contributed by atoms with Gasteiger partial charge in [0.1, 0.15) is 5.69 Å². The number of H-pyrrole nitrogens is 1. The quantitative estimate of drug-likeness (QED) is 0.502. The summed E-state index contributed by atoms with van der Waals surface area (Å²) in [4.78, 5) is 9.23. The number of imidazole rings is 1. The van der Waals surface area contributed by atoms with Gasteiger partial charge < -0.3 is 4.57 Å². The third-order valence-electron chi connectivity index (χ3n) is 4.39. The maximum Gasteiger partial charge on any atom is 0.202 e. The minimum Gasteiger partial charge on any atom is -0.300 e. The van der Waals surface area contributed by atoms with Crippen LogP contribution in [0.25, 0.3) is 28.6 Å². The number of aryl methyl sites for hydroxylation is 2. The van der Waals surface area contributed by atoms with Gasteiger partial charge in [0.25, 0.3) is 0 Å². The van der Waals surface area contributed by atoms with Crippen LogP contribution in [0.4, 0.5) is 0 Å². The lowest BCUT2D eigenvalue weighted by Gasteiger charge is -2.07. The summed E-state index contributed by atoms with van der Waals surface area (Å²) in [6.07, 6.45) is 1.87. The molecule has 0 saturated heterocycles. The molecule has 4 aromatic rings. The zero-order chi connectivity index (χ0) is 16.3. The number of hydrogen-bond acceptors (Lipinski definition) is 4. The van der Waals surface area contributed by atoms with Crippen LogP contribution in [-0.2, 0) is 6.54 Å². The fourth-order valence-corrected chi connectivity index (χ4v) is 3.17. The van der Waals surface area contributed by atoms with Crippen molar-refractivity contribution < 1.29 is 0 Å². The summed E-state index contributed by atoms with van der Waals surface area (Å²) in [5.74, 6) is 1.49. The molecule has 1 N–H and O–H groups in total. The third-order valence-corrected chi connectivity index (χ3v) is 4.39. The number of fused-ring (bicyclic) bond motifs is 5. The summed E-state index contributed by atoms with van der Waals surface area (Å²) in [5, 5.41) is 11.9. The van der Waals surface area contributed by atoms with Crippen molar-refractivity contribution in [3.05, 3.63) is 53.7 Å². The fourth-order valence-electron chi connectivity index (χ4n) is 3.17. The number of aromatic amines is 1. The molecular formula is C17H16ClN7. The molecule has 0 bridgehead atoms. The largest absolute Gasteiger partial charge is 0.300 e. The molecular weight excluding hydrogens is 338 g/mol. The molecule has 1 aliphatic heterocycles. The maximum atomic E-state index is 4.76. The van der Waals surface area contributed by atoms with E-state index in [0.717, 1.165) is 39.9 Å². The van der Waals surface area contributed by atoms with Crippen LogP contribution < -0.4 is 0 Å². The van der Waals surface area contributed by atoms with E-state index in [1.165, 1.54) is 0 Å². The summed E-state index contributed by atoms with van der Waals surface area (Å²) in [6.45, 7) is 4.62. The van der Waals surface area contributed by atoms with Gasteiger partial charge in [-0.15, -0.1) is 17.5 Å². The number of hydrogen-bond donors (Lipinski definition) is 1. The predicted molar refractivity (Wildman–Crippen MR) is 96.0 cm³/mol. The summed E-state index contributed by atoms with van der Waals surface area (Å²) < 4.78 is 4.06. The Bertz CT molecular complexity index is 1070. The van der Waals surface area contributed by atoms with Gasteiger partial charge in [0.2, 0.25) is 5.82 Å². The summed E-state index contributed by atoms with van der Waals surface area (Å²) >= 11 is 0. The average Bonchev–Trinajstić information content (AvgIpc) is 3.27. The molecule has 3 aromatic heterocycles. The monoisotopic (exact) mass is 353 g/mol. The average molecular weight is 354 g/mol. The summed E-state index contributed by atoms with van der Waals surface area (Å²) in [5.41, 5.74) is 5.99. The van der Waals surface area contributed by atoms with E-state index in [-0.39, 0.29) is 12.4 Å². The van der Waals surface area contributed by atoms with Gasteiger partial charge in [0.05, 0.1) is 29.9 Å². The molecule has 5 rings (SSSR count). The molecule has 126 valence electrons. The zero-order valence-electron chi connectivity index (χ0n) is 13.8. The normalized spacial score (nSPS) is 11.9. The topological polar surface area (TPSA) is 77.2 Å². The molecule has 1 aromatic carbocycles. The molecule has 4 heterocycles. The highest BCUT2D eigenvalue weighted by Gasteiger charge is 2.24. The van der Waals surface area contributed by atoms with E-state index in [0.29, 0.717) is 12.4 Å². The molecule has 0 saturated carbocycles. The van der Waals surface area contributed by atoms with Crippen LogP contribution in [0.1, 0.15) is 17.1 Å². The molecule has 0 aliphatic carbocycles. The van der Waals surface area contributed by atoms with Gasteiger partial charge in [0, 0.05) is 11.3 Å². The Labute approximate surface area is 150 Å². The van der Waals surface area contributed by atoms with E-state index < -0.39 is 0 Å². The molecule has 25 heavy (non-hydrogen) atoms. The lowest BCUT2D eigenvalue weighted by atomic mass is 10.1. The van der Waals surface area contributed by atoms with Crippen LogP contribution in [0.15, 0.2) is 36.7 Å². The van der Waals surface area contributed by atoms with E-state index in [4.69, 9.17) is 10.1 Å². The van der Waals surface area contributed by atoms with Gasteiger partial charge in [0.15, 0.2) is 5.82 Å². The van der Waals surface area contributed by atoms with Crippen molar-refractivity contribution in [1.29, 1.82) is 0 Å². The number of nitrogens with one attached hydrogen (secondary N) is 1. The zero-order valence-corrected chi connectivity index (χ0v) is 14.6. The van der Waals surface area contributed by atoms with Gasteiger partial charge in [-0.1, -0.05) is 12.1 Å². The summed E-state index contributed by atoms with van der Waals surface area (Å²) in [6, 6.07) is 10.2. The second kappa shape index (κ2) is 5.56. The van der Waals surface area contributed by atoms with E-state index in [2.05, 4.69) is 31.9 Å². The highest BCUT2D eigenvalue weighted by molar-refractivity contribution is 5.85. The van der Waals surface area contributed by atoms with Crippen molar-refractivity contribution in [2.24, 2.45) is 0 Å². The first kappa shape index (κ1) is 15.6. The Morgan fingerprint density at radius 1 is 1.16 bits per heavy atom. The number of nitrogens with zero attached hydrogens (tertiary/aromatic N) is 6. The number of halogens is 1. The molecule has 0 amide bonds. The van der Waals surface area contributed by atoms with Crippen molar-refractivity contribution in [3.8, 4) is 28.6 Å². The second-order valence-corrected chi connectivity index (χ2v) is 6.02. The van der Waals surface area contributed by atoms with Gasteiger partial charge in [-0.2, -0.15) is 5.10 Å². The first-order valence-corrected chi connectivity index (χ1v) is 7.80. The second-order valence-electron chi connectivity index (χ2n) is 6.02. The molecule has 1 aliphatic rings. The Kier molecular flexibility index (Phi) is 3.47. The molecule has 0 atom stereocenters. The predicted octanol–water partition coefficient (Wildman–Crippen LogP) is 2.92. The van der Waals surface area contributed by atoms with Gasteiger partial charge in [-0.25, -0.2) is 14.6 Å². The molecule has 0 spiro atoms. The maximum absolute atomic E-state index is 4.76. The van der Waals surface area contributed by atoms with Crippen LogP contribution in [0.5, 0.6) is 0 Å². The Hall–Kier alpha value is -2.93. The summed E-state index contributed by atoms with van der Waals surface area (Å²) in [7, 11) is 0. The highest BCUT2D eigenvalue weighted by atomic mass is 35.5. The van der Waals surface area contributed by atoms with Crippen LogP contribution >= 0.6 is 12.4 Å². The van der Waals surface area contributed by atoms with Crippen LogP contribution in [-0.4, -0.2) is 34.5 Å². The van der Waals surface area contributed by atoms with Crippen molar-refractivity contribution in [2.75, 3.05) is 0 Å². The molecule has 0 fully saturated rings. The third kappa shape index (κ3) is 2.27. The van der Waals surface area contributed by atoms with Gasteiger partial charge >= 0.3 is 0 Å². The van der Waals surface area contributed by atoms with Crippen LogP contribution in [0.3, 0.4) is 0 Å². The van der Waals surface area contributed by atoms with E-state index in [9.17, 15) is 0 Å². The molecule has 0 radical (unpaired) electrons. The number of aromatic nitrogens is 7. The lowest BCUT2D eigenvalue weighted by molar-refractivity contribution is 0.675. The lowest BCUT2D eigenvalue weighted by Crippen LogP contribution is -2.05. The minimum atomic E-state index is 0. The first-order chi connectivity index (χ1) is 11.7. The number of rotatable bonds is 1. The number of para-hydroxylation sites is 1. The van der Waals surface area contributed by atoms with E-state index in [1.54, 1.807) is 0 Å². The van der Waals surface area contributed by atoms with Crippen molar-refractivity contribution in [3.63, 3.8) is 0 Å². The Morgan fingerprint density at radius 2 is 2.00 bits per heavy atom. The number of benzene rings is 1. The Balaban J connectivity index is 0.00000157. The van der Waals surface area contributed by atoms with E-state index in [1.807, 2.05) is 43.1 Å². The molecule has 0 unspecified atom stereocenters. The van der Waals surface area contributed by atoms with Gasteiger partial charge in [-0.3, -0.25) is 5.10 Å². The van der Waals surface area contributed by atoms with E-state index >= 15 is 0 Å². The van der Waals surface area contributed by atoms with Crippen molar-refractivity contribution in [2.45, 2.75) is 20.4 Å². The van der Waals surface area contributed by atoms with Gasteiger partial charge in [-0.05, 0) is 32.0 Å². The van der Waals surface area contributed by atoms with Crippen molar-refractivity contribution in [1.82, 2.24) is 34.5 Å². The molecule has 7 nitrogen and oxygen atoms in total. The molecule has 8 heteroatoms. The standard InChI is InChI=1S/C17H15N7.ClH/c1-10-7-13(21-20-10)16-19-17-12-5-3-4-6-14(12)23-9-18-11(2)15(23)8-24(17)22-16;/h3-7,9H,8H2,1-2H3,(H,20,21);1H. The van der Waals surface area contributed by atoms with Crippen molar-refractivity contribution >= 4 is 12.4 Å². The SMILES string of the molecule is Cc1cc(-c2nc3n(n2)Cc2c(C)ncn2-c2ccccc2-3)n[nH]1.Cl. The fraction of sp³-hybridized carbons (Fsp3) is 0.176. The van der Waals surface area contributed by atoms with Crippen LogP contribution in [0.2, 0.25) is 0 Å². The first-order valence-electron chi connectivity index (χ1n) is 7.80. The smallest absolute Gasteiger partial charge is 0.202 e. The minimum absolute atomic E-state index is 0. The highest BCUT2D eigenvalue weighted by Crippen LogP contribution is 2.32. The Morgan fingerprint density at radius 3 is 2.80 bits per heavy atom.